The van der Waals surface area contributed by atoms with Gasteiger partial charge in [-0.05, 0) is 0 Å². The Hall–Kier alpha value is -1.95. The molecule has 0 aromatic carbocycles. The van der Waals surface area contributed by atoms with Gasteiger partial charge in [0.15, 0.2) is 5.75 Å². The van der Waals surface area contributed by atoms with Gasteiger partial charge in [0, 0.05) is 7.05 Å². The molecular formula is C9H10N4O2. The van der Waals surface area contributed by atoms with Gasteiger partial charge in [-0.1, -0.05) is 0 Å². The van der Waals surface area contributed by atoms with Gasteiger partial charge in [-0.15, -0.1) is 0 Å². The van der Waals surface area contributed by atoms with Crippen LogP contribution in [0.4, 0.5) is 0 Å². The molecule has 6 nitrogen and oxygen atoms in total. The maximum atomic E-state index is 8.86. The van der Waals surface area contributed by atoms with Crippen LogP contribution in [0, 0.1) is 0 Å². The molecule has 78 valence electrons. The number of aliphatic hydroxyl groups is 1. The first-order chi connectivity index (χ1) is 7.28. The van der Waals surface area contributed by atoms with Gasteiger partial charge in [-0.25, -0.2) is 4.98 Å². The lowest BCUT2D eigenvalue weighted by Gasteiger charge is -2.01. The summed E-state index contributed by atoms with van der Waals surface area (Å²) in [5.41, 5.74) is 0.469. The van der Waals surface area contributed by atoms with Crippen molar-refractivity contribution in [1.82, 2.24) is 19.7 Å². The molecule has 6 heteroatoms. The van der Waals surface area contributed by atoms with Gasteiger partial charge in [-0.2, -0.15) is 5.10 Å². The van der Waals surface area contributed by atoms with E-state index in [2.05, 4.69) is 15.1 Å². The molecule has 2 aromatic heterocycles. The largest absolute Gasteiger partial charge is 0.434 e. The summed E-state index contributed by atoms with van der Waals surface area (Å²) in [5.74, 6) is 0.927. The summed E-state index contributed by atoms with van der Waals surface area (Å²) < 4.78 is 7.00. The maximum Gasteiger partial charge on any atom is 0.238 e. The Morgan fingerprint density at radius 1 is 1.40 bits per heavy atom. The average Bonchev–Trinajstić information content (AvgIpc) is 2.64. The number of ether oxygens (including phenoxy) is 1. The lowest BCUT2D eigenvalue weighted by atomic mass is 10.5. The van der Waals surface area contributed by atoms with Gasteiger partial charge in [0.1, 0.15) is 0 Å². The lowest BCUT2D eigenvalue weighted by molar-refractivity contribution is 0.274. The maximum absolute atomic E-state index is 8.86. The highest BCUT2D eigenvalue weighted by atomic mass is 16.5. The SMILES string of the molecule is Cn1cc(Oc2cncc(CO)n2)cn1. The van der Waals surface area contributed by atoms with Gasteiger partial charge in [-0.3, -0.25) is 9.67 Å². The second-order valence-corrected chi connectivity index (χ2v) is 2.96. The molecule has 15 heavy (non-hydrogen) atoms. The van der Waals surface area contributed by atoms with Crippen molar-refractivity contribution in [2.75, 3.05) is 0 Å². The Balaban J connectivity index is 2.16. The van der Waals surface area contributed by atoms with Crippen LogP contribution in [-0.2, 0) is 13.7 Å². The summed E-state index contributed by atoms with van der Waals surface area (Å²) in [6.07, 6.45) is 6.25. The van der Waals surface area contributed by atoms with E-state index < -0.39 is 0 Å². The van der Waals surface area contributed by atoms with Gasteiger partial charge in [0.05, 0.1) is 37.1 Å². The fourth-order valence-corrected chi connectivity index (χ4v) is 1.08. The first kappa shape index (κ1) is 9.60. The molecule has 0 radical (unpaired) electrons. The minimum Gasteiger partial charge on any atom is -0.434 e. The number of rotatable bonds is 3. The molecule has 2 rings (SSSR count). The molecule has 0 atom stereocenters. The summed E-state index contributed by atoms with van der Waals surface area (Å²) in [4.78, 5) is 7.91. The van der Waals surface area contributed by atoms with E-state index in [1.807, 2.05) is 0 Å². The third-order valence-electron chi connectivity index (χ3n) is 1.73. The molecule has 2 heterocycles. The fraction of sp³-hybridized carbons (Fsp3) is 0.222. The van der Waals surface area contributed by atoms with E-state index >= 15 is 0 Å². The average molecular weight is 206 g/mol. The molecule has 0 bridgehead atoms. The Kier molecular flexibility index (Phi) is 2.59. The van der Waals surface area contributed by atoms with Crippen molar-refractivity contribution in [1.29, 1.82) is 0 Å². The number of aryl methyl sites for hydroxylation is 1. The third-order valence-corrected chi connectivity index (χ3v) is 1.73. The highest BCUT2D eigenvalue weighted by Gasteiger charge is 2.02. The summed E-state index contributed by atoms with van der Waals surface area (Å²) in [7, 11) is 1.79. The predicted octanol–water partition coefficient (Wildman–Crippen LogP) is 0.495. The van der Waals surface area contributed by atoms with Crippen LogP contribution in [0.15, 0.2) is 24.8 Å². The van der Waals surface area contributed by atoms with Crippen molar-refractivity contribution >= 4 is 0 Å². The first-order valence-electron chi connectivity index (χ1n) is 4.36. The van der Waals surface area contributed by atoms with Crippen LogP contribution in [0.2, 0.25) is 0 Å². The molecule has 0 amide bonds. The zero-order valence-electron chi connectivity index (χ0n) is 8.16. The molecule has 0 saturated carbocycles. The van der Waals surface area contributed by atoms with Crippen molar-refractivity contribution in [3.05, 3.63) is 30.5 Å². The second-order valence-electron chi connectivity index (χ2n) is 2.96. The Morgan fingerprint density at radius 2 is 2.27 bits per heavy atom. The molecule has 1 N–H and O–H groups in total. The minimum absolute atomic E-state index is 0.156. The predicted molar refractivity (Wildman–Crippen MR) is 51.2 cm³/mol. The molecule has 0 saturated heterocycles. The molecule has 0 aliphatic heterocycles. The van der Waals surface area contributed by atoms with Crippen LogP contribution >= 0.6 is 0 Å². The Morgan fingerprint density at radius 3 is 2.93 bits per heavy atom. The number of nitrogens with zero attached hydrogens (tertiary/aromatic N) is 4. The molecular weight excluding hydrogens is 196 g/mol. The topological polar surface area (TPSA) is 73.1 Å². The van der Waals surface area contributed by atoms with Crippen molar-refractivity contribution < 1.29 is 9.84 Å². The standard InChI is InChI=1S/C9H10N4O2/c1-13-5-8(3-11-13)15-9-4-10-2-7(6-14)12-9/h2-5,14H,6H2,1H3. The molecule has 2 aromatic rings. The normalized spacial score (nSPS) is 10.3. The number of hydrogen-bond acceptors (Lipinski definition) is 5. The van der Waals surface area contributed by atoms with E-state index in [4.69, 9.17) is 9.84 Å². The van der Waals surface area contributed by atoms with Crippen LogP contribution in [0.3, 0.4) is 0 Å². The zero-order valence-corrected chi connectivity index (χ0v) is 8.16. The lowest BCUT2D eigenvalue weighted by Crippen LogP contribution is -1.94. The van der Waals surface area contributed by atoms with Crippen molar-refractivity contribution in [3.63, 3.8) is 0 Å². The number of aromatic nitrogens is 4. The van der Waals surface area contributed by atoms with Crippen molar-refractivity contribution in [3.8, 4) is 11.6 Å². The van der Waals surface area contributed by atoms with Crippen LogP contribution in [0.25, 0.3) is 0 Å². The highest BCUT2D eigenvalue weighted by Crippen LogP contribution is 2.16. The van der Waals surface area contributed by atoms with Gasteiger partial charge < -0.3 is 9.84 Å². The van der Waals surface area contributed by atoms with E-state index in [1.54, 1.807) is 24.1 Å². The van der Waals surface area contributed by atoms with Crippen LogP contribution < -0.4 is 4.74 Å². The Bertz CT molecular complexity index is 455. The van der Waals surface area contributed by atoms with E-state index in [-0.39, 0.29) is 6.61 Å². The fourth-order valence-electron chi connectivity index (χ4n) is 1.08. The zero-order chi connectivity index (χ0) is 10.7. The number of aliphatic hydroxyl groups excluding tert-OH is 1. The van der Waals surface area contributed by atoms with Gasteiger partial charge in [0.2, 0.25) is 5.88 Å². The van der Waals surface area contributed by atoms with Crippen molar-refractivity contribution in [2.45, 2.75) is 6.61 Å². The molecule has 0 unspecified atom stereocenters. The molecule has 0 aliphatic rings. The molecule has 0 fully saturated rings. The smallest absolute Gasteiger partial charge is 0.238 e. The van der Waals surface area contributed by atoms with E-state index in [0.29, 0.717) is 17.3 Å². The van der Waals surface area contributed by atoms with Gasteiger partial charge in [0.25, 0.3) is 0 Å². The van der Waals surface area contributed by atoms with Crippen molar-refractivity contribution in [2.24, 2.45) is 7.05 Å². The quantitative estimate of drug-likeness (QED) is 0.791. The minimum atomic E-state index is -0.156. The second kappa shape index (κ2) is 4.05. The van der Waals surface area contributed by atoms with Crippen LogP contribution in [-0.4, -0.2) is 24.9 Å². The van der Waals surface area contributed by atoms with E-state index in [0.717, 1.165) is 0 Å². The summed E-state index contributed by atoms with van der Waals surface area (Å²) in [6.45, 7) is -0.156. The molecule has 0 aliphatic carbocycles. The third kappa shape index (κ3) is 2.29. The summed E-state index contributed by atoms with van der Waals surface area (Å²) in [6, 6.07) is 0. The highest BCUT2D eigenvalue weighted by molar-refractivity contribution is 5.20. The summed E-state index contributed by atoms with van der Waals surface area (Å²) in [5, 5.41) is 12.8. The van der Waals surface area contributed by atoms with E-state index in [1.165, 1.54) is 12.4 Å². The summed E-state index contributed by atoms with van der Waals surface area (Å²) >= 11 is 0. The molecule has 0 spiro atoms. The number of hydrogen-bond donors (Lipinski definition) is 1. The monoisotopic (exact) mass is 206 g/mol. The first-order valence-corrected chi connectivity index (χ1v) is 4.36. The van der Waals surface area contributed by atoms with E-state index in [9.17, 15) is 0 Å². The van der Waals surface area contributed by atoms with Crippen LogP contribution in [0.5, 0.6) is 11.6 Å². The Labute approximate surface area is 86.2 Å². The van der Waals surface area contributed by atoms with Gasteiger partial charge >= 0.3 is 0 Å². The van der Waals surface area contributed by atoms with Crippen LogP contribution in [0.1, 0.15) is 5.69 Å².